The van der Waals surface area contributed by atoms with Crippen molar-refractivity contribution in [1.29, 1.82) is 0 Å². The summed E-state index contributed by atoms with van der Waals surface area (Å²) in [7, 11) is 0. The first-order chi connectivity index (χ1) is 11.1. The maximum absolute atomic E-state index is 14.3. The van der Waals surface area contributed by atoms with E-state index in [0.29, 0.717) is 0 Å². The van der Waals surface area contributed by atoms with E-state index < -0.39 is 46.8 Å². The van der Waals surface area contributed by atoms with Crippen molar-refractivity contribution in [3.8, 4) is 0 Å². The Kier molecular flexibility index (Phi) is 5.22. The van der Waals surface area contributed by atoms with Gasteiger partial charge in [0.1, 0.15) is 11.4 Å². The highest BCUT2D eigenvalue weighted by molar-refractivity contribution is 8.13. The molecule has 0 saturated carbocycles. The van der Waals surface area contributed by atoms with Gasteiger partial charge in [-0.05, 0) is 6.07 Å². The van der Waals surface area contributed by atoms with Gasteiger partial charge in [0, 0.05) is 29.4 Å². The van der Waals surface area contributed by atoms with Crippen LogP contribution >= 0.6 is 24.2 Å². The van der Waals surface area contributed by atoms with Crippen LogP contribution in [0.2, 0.25) is 0 Å². The Labute approximate surface area is 149 Å². The first kappa shape index (κ1) is 19.7. The zero-order valence-electron chi connectivity index (χ0n) is 12.3. The van der Waals surface area contributed by atoms with Crippen molar-refractivity contribution in [1.82, 2.24) is 0 Å². The lowest BCUT2D eigenvalue weighted by Crippen LogP contribution is -2.46. The molecule has 1 fully saturated rings. The molecule has 0 bridgehead atoms. The van der Waals surface area contributed by atoms with E-state index in [9.17, 15) is 27.7 Å². The van der Waals surface area contributed by atoms with Gasteiger partial charge < -0.3 is 10.5 Å². The number of non-ortho nitro benzene ring substituents is 1. The summed E-state index contributed by atoms with van der Waals surface area (Å²) in [5, 5.41) is 10.9. The fraction of sp³-hybridized carbons (Fsp3) is 0.462. The zero-order chi connectivity index (χ0) is 17.7. The molecule has 1 aromatic carbocycles. The van der Waals surface area contributed by atoms with Gasteiger partial charge in [-0.1, -0.05) is 11.8 Å². The average molecular weight is 402 g/mol. The van der Waals surface area contributed by atoms with Crippen LogP contribution in [0.25, 0.3) is 0 Å². The van der Waals surface area contributed by atoms with E-state index >= 15 is 0 Å². The van der Waals surface area contributed by atoms with Crippen LogP contribution in [-0.4, -0.2) is 34.7 Å². The van der Waals surface area contributed by atoms with Gasteiger partial charge in [0.15, 0.2) is 11.3 Å². The molecule has 12 heteroatoms. The molecule has 3 rings (SSSR count). The molecule has 0 radical (unpaired) electrons. The summed E-state index contributed by atoms with van der Waals surface area (Å²) in [5.41, 5.74) is 3.15. The summed E-state index contributed by atoms with van der Waals surface area (Å²) in [6, 6.07) is 2.68. The Morgan fingerprint density at radius 3 is 2.72 bits per heavy atom. The predicted molar refractivity (Wildman–Crippen MR) is 85.3 cm³/mol. The number of hydrogen-bond acceptors (Lipinski definition) is 6. The summed E-state index contributed by atoms with van der Waals surface area (Å²) in [6.07, 6.45) is -6.80. The van der Waals surface area contributed by atoms with Crippen molar-refractivity contribution in [2.75, 3.05) is 12.4 Å². The topological polar surface area (TPSA) is 90.8 Å². The van der Waals surface area contributed by atoms with Crippen LogP contribution in [0.5, 0.6) is 0 Å². The maximum atomic E-state index is 14.3. The molecule has 1 saturated heterocycles. The number of thioether (sulfide) groups is 1. The number of nitrogens with zero attached hydrogens (tertiary/aromatic N) is 2. The number of benzene rings is 1. The third kappa shape index (κ3) is 3.27. The van der Waals surface area contributed by atoms with Crippen LogP contribution in [0.15, 0.2) is 23.2 Å². The van der Waals surface area contributed by atoms with Gasteiger partial charge in [-0.3, -0.25) is 10.1 Å². The minimum absolute atomic E-state index is 0. The van der Waals surface area contributed by atoms with Gasteiger partial charge in [0.2, 0.25) is 0 Å². The number of ether oxygens (including phenoxy) is 1. The molecule has 138 valence electrons. The quantitative estimate of drug-likeness (QED) is 0.467. The molecule has 0 aromatic heterocycles. The Hall–Kier alpha value is -1.59. The van der Waals surface area contributed by atoms with E-state index in [1.807, 2.05) is 0 Å². The third-order valence-corrected chi connectivity index (χ3v) is 5.04. The summed E-state index contributed by atoms with van der Waals surface area (Å²) >= 11 is 0.915. The van der Waals surface area contributed by atoms with Crippen LogP contribution in [0.1, 0.15) is 5.56 Å². The van der Waals surface area contributed by atoms with Crippen LogP contribution in [0.4, 0.5) is 23.2 Å². The highest BCUT2D eigenvalue weighted by Gasteiger charge is 2.62. The van der Waals surface area contributed by atoms with Crippen LogP contribution in [-0.2, 0) is 10.3 Å². The van der Waals surface area contributed by atoms with E-state index in [1.165, 1.54) is 0 Å². The van der Waals surface area contributed by atoms with Crippen LogP contribution < -0.4 is 5.73 Å². The number of nitrogens with two attached hydrogens (primary N) is 1. The highest BCUT2D eigenvalue weighted by Crippen LogP contribution is 2.52. The van der Waals surface area contributed by atoms with Crippen molar-refractivity contribution in [3.63, 3.8) is 0 Å². The van der Waals surface area contributed by atoms with Gasteiger partial charge in [-0.25, -0.2) is 9.38 Å². The minimum atomic E-state index is -4.66. The van der Waals surface area contributed by atoms with E-state index in [4.69, 9.17) is 10.5 Å². The number of halogens is 5. The van der Waals surface area contributed by atoms with Gasteiger partial charge in [0.25, 0.3) is 5.69 Å². The molecule has 2 heterocycles. The summed E-state index contributed by atoms with van der Waals surface area (Å²) < 4.78 is 58.8. The fourth-order valence-electron chi connectivity index (χ4n) is 3.05. The molecular formula is C13H12ClF4N3O3S. The van der Waals surface area contributed by atoms with Gasteiger partial charge >= 0.3 is 6.18 Å². The van der Waals surface area contributed by atoms with Crippen LogP contribution in [0, 0.1) is 21.8 Å². The number of fused-ring (bicyclic) bond motifs is 1. The summed E-state index contributed by atoms with van der Waals surface area (Å²) in [4.78, 5) is 14.2. The molecular weight excluding hydrogens is 390 g/mol. The molecule has 25 heavy (non-hydrogen) atoms. The lowest BCUT2D eigenvalue weighted by Gasteiger charge is -2.36. The van der Waals surface area contributed by atoms with Gasteiger partial charge in [-0.2, -0.15) is 13.2 Å². The maximum Gasteiger partial charge on any atom is 0.415 e. The molecule has 0 spiro atoms. The number of hydrogen-bond donors (Lipinski definition) is 1. The molecule has 6 nitrogen and oxygen atoms in total. The molecule has 0 amide bonds. The fourth-order valence-corrected chi connectivity index (χ4v) is 4.08. The molecule has 2 aliphatic rings. The smallest absolute Gasteiger partial charge is 0.379 e. The Bertz CT molecular complexity index is 733. The summed E-state index contributed by atoms with van der Waals surface area (Å²) in [6.45, 7) is -0.554. The Morgan fingerprint density at radius 2 is 2.12 bits per heavy atom. The molecule has 0 aliphatic carbocycles. The van der Waals surface area contributed by atoms with Crippen molar-refractivity contribution in [2.45, 2.75) is 17.8 Å². The first-order valence-electron chi connectivity index (χ1n) is 6.76. The van der Waals surface area contributed by atoms with Crippen molar-refractivity contribution in [2.24, 2.45) is 16.6 Å². The minimum Gasteiger partial charge on any atom is -0.379 e. The van der Waals surface area contributed by atoms with Crippen molar-refractivity contribution < 1.29 is 27.2 Å². The molecule has 0 unspecified atom stereocenters. The second kappa shape index (κ2) is 6.61. The summed E-state index contributed by atoms with van der Waals surface area (Å²) in [5.74, 6) is -2.20. The number of alkyl halides is 3. The van der Waals surface area contributed by atoms with Crippen molar-refractivity contribution in [3.05, 3.63) is 39.7 Å². The second-order valence-electron chi connectivity index (χ2n) is 5.49. The van der Waals surface area contributed by atoms with E-state index in [-0.39, 0.29) is 28.9 Å². The highest BCUT2D eigenvalue weighted by atomic mass is 35.5. The normalized spacial score (nSPS) is 28.7. The number of aliphatic imine (C=N–C) groups is 1. The van der Waals surface area contributed by atoms with E-state index in [0.717, 1.165) is 30.0 Å². The van der Waals surface area contributed by atoms with E-state index in [1.54, 1.807) is 0 Å². The lowest BCUT2D eigenvalue weighted by molar-refractivity contribution is -0.385. The van der Waals surface area contributed by atoms with Gasteiger partial charge in [-0.15, -0.1) is 12.4 Å². The number of nitro benzene ring substituents is 1. The monoisotopic (exact) mass is 401 g/mol. The van der Waals surface area contributed by atoms with Gasteiger partial charge in [0.05, 0.1) is 11.5 Å². The third-order valence-electron chi connectivity index (χ3n) is 4.13. The number of rotatable bonds is 2. The molecule has 2 N–H and O–H groups in total. The van der Waals surface area contributed by atoms with E-state index in [2.05, 4.69) is 4.99 Å². The molecule has 2 aliphatic heterocycles. The molecule has 1 aromatic rings. The SMILES string of the molecule is Cl.NC1=N[C@@]2(c3cc([N+](=O)[O-])ccc3F)CO[C@H](C(F)(F)F)[C@H]2CS1. The van der Waals surface area contributed by atoms with Crippen LogP contribution in [0.3, 0.4) is 0 Å². The first-order valence-corrected chi connectivity index (χ1v) is 7.74. The average Bonchev–Trinajstić information content (AvgIpc) is 2.86. The predicted octanol–water partition coefficient (Wildman–Crippen LogP) is 2.99. The zero-order valence-corrected chi connectivity index (χ0v) is 14.0. The molecule has 3 atom stereocenters. The lowest BCUT2D eigenvalue weighted by atomic mass is 9.78. The largest absolute Gasteiger partial charge is 0.415 e. The Morgan fingerprint density at radius 1 is 1.44 bits per heavy atom. The van der Waals surface area contributed by atoms with Crippen molar-refractivity contribution >= 4 is 35.0 Å². The Balaban J connectivity index is 0.00000225. The number of nitro groups is 1. The second-order valence-corrected chi connectivity index (χ2v) is 6.53. The standard InChI is InChI=1S/C13H11F4N3O3S.ClH/c14-9-2-1-6(20(21)22)3-7(9)12-5-23-10(13(15,16)17)8(12)4-24-11(18)19-12;/h1-3,8,10H,4-5H2,(H2,18,19);1H/t8-,10+,12-;/m1./s1. The number of amidine groups is 1.